The summed E-state index contributed by atoms with van der Waals surface area (Å²) in [5.41, 5.74) is 1.04. The van der Waals surface area contributed by atoms with E-state index in [9.17, 15) is 14.4 Å². The number of benzene rings is 2. The van der Waals surface area contributed by atoms with Crippen molar-refractivity contribution in [2.75, 3.05) is 16.8 Å². The van der Waals surface area contributed by atoms with E-state index in [1.54, 1.807) is 48.5 Å². The summed E-state index contributed by atoms with van der Waals surface area (Å²) >= 11 is 5.93. The summed E-state index contributed by atoms with van der Waals surface area (Å²) in [6, 6.07) is 14.2. The van der Waals surface area contributed by atoms with Crippen LogP contribution in [0.25, 0.3) is 6.08 Å². The molecule has 1 heterocycles. The van der Waals surface area contributed by atoms with Crippen LogP contribution >= 0.6 is 11.6 Å². The number of nitrogens with one attached hydrogen (secondary N) is 1. The maximum atomic E-state index is 13.1. The van der Waals surface area contributed by atoms with Gasteiger partial charge in [0.25, 0.3) is 11.8 Å². The monoisotopic (exact) mass is 424 g/mol. The van der Waals surface area contributed by atoms with Crippen LogP contribution in [0.5, 0.6) is 0 Å². The lowest BCUT2D eigenvalue weighted by Gasteiger charge is -2.44. The van der Waals surface area contributed by atoms with Crippen molar-refractivity contribution in [1.82, 2.24) is 0 Å². The first kappa shape index (κ1) is 20.2. The molecular formula is C23H21ClN2O4. The third-order valence-corrected chi connectivity index (χ3v) is 5.76. The van der Waals surface area contributed by atoms with Crippen LogP contribution in [0.3, 0.4) is 0 Å². The van der Waals surface area contributed by atoms with Crippen LogP contribution in [0.15, 0.2) is 54.6 Å². The van der Waals surface area contributed by atoms with Crippen LogP contribution in [0.4, 0.5) is 11.4 Å². The average molecular weight is 425 g/mol. The Bertz CT molecular complexity index is 1030. The molecule has 1 aliphatic carbocycles. The second kappa shape index (κ2) is 8.32. The molecule has 0 aromatic heterocycles. The molecule has 2 aromatic rings. The summed E-state index contributed by atoms with van der Waals surface area (Å²) in [4.78, 5) is 39.7. The summed E-state index contributed by atoms with van der Waals surface area (Å²) in [7, 11) is 0. The van der Waals surface area contributed by atoms with Crippen molar-refractivity contribution in [3.63, 3.8) is 0 Å². The van der Waals surface area contributed by atoms with Gasteiger partial charge in [0.05, 0.1) is 11.4 Å². The molecule has 1 N–H and O–H groups in total. The van der Waals surface area contributed by atoms with Crippen molar-refractivity contribution in [2.24, 2.45) is 0 Å². The molecule has 1 saturated carbocycles. The highest BCUT2D eigenvalue weighted by Crippen LogP contribution is 2.45. The van der Waals surface area contributed by atoms with Gasteiger partial charge in [-0.3, -0.25) is 14.5 Å². The van der Waals surface area contributed by atoms with Crippen molar-refractivity contribution in [3.05, 3.63) is 65.2 Å². The maximum Gasteiger partial charge on any atom is 0.331 e. The third kappa shape index (κ3) is 3.83. The van der Waals surface area contributed by atoms with E-state index >= 15 is 0 Å². The van der Waals surface area contributed by atoms with Crippen LogP contribution in [-0.4, -0.2) is 29.9 Å². The fourth-order valence-corrected chi connectivity index (χ4v) is 4.35. The molecule has 0 unspecified atom stereocenters. The van der Waals surface area contributed by atoms with Crippen molar-refractivity contribution in [3.8, 4) is 0 Å². The summed E-state index contributed by atoms with van der Waals surface area (Å²) in [5.74, 6) is -1.23. The second-order valence-corrected chi connectivity index (χ2v) is 7.87. The topological polar surface area (TPSA) is 75.7 Å². The van der Waals surface area contributed by atoms with Crippen molar-refractivity contribution in [1.29, 1.82) is 0 Å². The number of fused-ring (bicyclic) bond motifs is 1. The molecule has 4 rings (SSSR count). The van der Waals surface area contributed by atoms with Gasteiger partial charge in [-0.2, -0.15) is 0 Å². The van der Waals surface area contributed by atoms with E-state index in [0.29, 0.717) is 29.2 Å². The zero-order valence-electron chi connectivity index (χ0n) is 16.3. The van der Waals surface area contributed by atoms with E-state index in [4.69, 9.17) is 16.3 Å². The van der Waals surface area contributed by atoms with Gasteiger partial charge in [0.2, 0.25) is 0 Å². The molecular weight excluding hydrogens is 404 g/mol. The van der Waals surface area contributed by atoms with Crippen LogP contribution in [0.2, 0.25) is 5.02 Å². The van der Waals surface area contributed by atoms with Crippen molar-refractivity contribution < 1.29 is 19.1 Å². The highest BCUT2D eigenvalue weighted by Gasteiger charge is 2.52. The molecule has 2 amide bonds. The Hall–Kier alpha value is -3.12. The smallest absolute Gasteiger partial charge is 0.331 e. The molecule has 1 fully saturated rings. The quantitative estimate of drug-likeness (QED) is 0.589. The minimum atomic E-state index is -0.922. The van der Waals surface area contributed by atoms with Gasteiger partial charge in [-0.25, -0.2) is 4.79 Å². The molecule has 30 heavy (non-hydrogen) atoms. The van der Waals surface area contributed by atoms with E-state index < -0.39 is 24.0 Å². The molecule has 2 aromatic carbocycles. The summed E-state index contributed by atoms with van der Waals surface area (Å²) in [6.45, 7) is -0.442. The molecule has 154 valence electrons. The Kier molecular flexibility index (Phi) is 5.59. The number of carbonyl (C=O) groups is 3. The average Bonchev–Trinajstić information content (AvgIpc) is 3.22. The van der Waals surface area contributed by atoms with Gasteiger partial charge in [-0.1, -0.05) is 48.7 Å². The zero-order valence-corrected chi connectivity index (χ0v) is 17.0. The zero-order chi connectivity index (χ0) is 21.1. The lowest BCUT2D eigenvalue weighted by atomic mass is 9.90. The molecule has 0 radical (unpaired) electrons. The minimum absolute atomic E-state index is 0.181. The Labute approximate surface area is 179 Å². The molecule has 6 nitrogen and oxygen atoms in total. The lowest BCUT2D eigenvalue weighted by Crippen LogP contribution is -2.61. The predicted octanol–water partition coefficient (Wildman–Crippen LogP) is 4.19. The highest BCUT2D eigenvalue weighted by molar-refractivity contribution is 6.30. The summed E-state index contributed by atoms with van der Waals surface area (Å²) in [5, 5.41) is 3.48. The number of hydrogen-bond acceptors (Lipinski definition) is 4. The van der Waals surface area contributed by atoms with E-state index in [1.807, 2.05) is 6.07 Å². The second-order valence-electron chi connectivity index (χ2n) is 7.44. The number of halogens is 1. The first-order chi connectivity index (χ1) is 14.5. The van der Waals surface area contributed by atoms with Gasteiger partial charge in [-0.05, 0) is 48.7 Å². The van der Waals surface area contributed by atoms with E-state index in [-0.39, 0.29) is 5.91 Å². The summed E-state index contributed by atoms with van der Waals surface area (Å²) in [6.07, 6.45) is 5.72. The first-order valence-electron chi connectivity index (χ1n) is 9.84. The third-order valence-electron chi connectivity index (χ3n) is 5.52. The van der Waals surface area contributed by atoms with E-state index in [0.717, 1.165) is 18.4 Å². The number of esters is 1. The van der Waals surface area contributed by atoms with Crippen molar-refractivity contribution >= 4 is 46.8 Å². The SMILES string of the molecule is O=C(/C=C/c1cccc(Cl)c1)OCC(=O)N1c2ccccc2NC(=O)C12CCCC2. The van der Waals surface area contributed by atoms with Crippen LogP contribution in [0.1, 0.15) is 31.2 Å². The molecule has 1 aliphatic heterocycles. The number of ether oxygens (including phenoxy) is 1. The number of carbonyl (C=O) groups excluding carboxylic acids is 3. The van der Waals surface area contributed by atoms with Gasteiger partial charge in [0.1, 0.15) is 5.54 Å². The van der Waals surface area contributed by atoms with Crippen molar-refractivity contribution in [2.45, 2.75) is 31.2 Å². The Morgan fingerprint density at radius 2 is 1.90 bits per heavy atom. The molecule has 7 heteroatoms. The number of hydrogen-bond donors (Lipinski definition) is 1. The van der Waals surface area contributed by atoms with E-state index in [2.05, 4.69) is 5.32 Å². The Morgan fingerprint density at radius 3 is 2.67 bits per heavy atom. The maximum absolute atomic E-state index is 13.1. The van der Waals surface area contributed by atoms with E-state index in [1.165, 1.54) is 11.0 Å². The predicted molar refractivity (Wildman–Crippen MR) is 115 cm³/mol. The Balaban J connectivity index is 1.50. The number of amides is 2. The molecule has 0 bridgehead atoms. The van der Waals surface area contributed by atoms with Gasteiger partial charge in [-0.15, -0.1) is 0 Å². The van der Waals surface area contributed by atoms with Gasteiger partial charge in [0, 0.05) is 11.1 Å². The first-order valence-corrected chi connectivity index (χ1v) is 10.2. The lowest BCUT2D eigenvalue weighted by molar-refractivity contribution is -0.143. The van der Waals surface area contributed by atoms with Crippen LogP contribution in [-0.2, 0) is 19.1 Å². The minimum Gasteiger partial charge on any atom is -0.452 e. The number of para-hydroxylation sites is 2. The van der Waals surface area contributed by atoms with Crippen LogP contribution in [0, 0.1) is 0 Å². The number of nitrogens with zero attached hydrogens (tertiary/aromatic N) is 1. The van der Waals surface area contributed by atoms with Gasteiger partial charge in [0.15, 0.2) is 6.61 Å². The van der Waals surface area contributed by atoms with Crippen LogP contribution < -0.4 is 10.2 Å². The fourth-order valence-electron chi connectivity index (χ4n) is 4.15. The largest absolute Gasteiger partial charge is 0.452 e. The van der Waals surface area contributed by atoms with Gasteiger partial charge < -0.3 is 10.1 Å². The number of anilines is 2. The fraction of sp³-hybridized carbons (Fsp3) is 0.261. The highest BCUT2D eigenvalue weighted by atomic mass is 35.5. The van der Waals surface area contributed by atoms with Gasteiger partial charge >= 0.3 is 5.97 Å². The molecule has 1 spiro atoms. The summed E-state index contributed by atoms with van der Waals surface area (Å²) < 4.78 is 5.18. The molecule has 2 aliphatic rings. The standard InChI is InChI=1S/C23H21ClN2O4/c24-17-7-5-6-16(14-17)10-11-21(28)30-15-20(27)26-19-9-2-1-8-18(19)25-22(29)23(26)12-3-4-13-23/h1-2,5-11,14H,3-4,12-13,15H2,(H,25,29)/b11-10+. The molecule has 0 atom stereocenters. The Morgan fingerprint density at radius 1 is 1.13 bits per heavy atom. The number of rotatable bonds is 4. The normalized spacial score (nSPS) is 17.1. The molecule has 0 saturated heterocycles.